The second-order valence-electron chi connectivity index (χ2n) is 9.45. The standard InChI is InChI=1S/C29H31Cl2N7O4/c1-16-35-27(37-22-7-3-2-6-19(22)29(40)41)25(28(36-16)38-23(26(33)39)8-4-5-13-32)34-15-18-10-12-24(42-18)20-14-17(30)9-11-21(20)31/h2-3,6-7,9-12,14,23,34H,4-5,8,13,15,32H2,1H3,(H2,33,39)(H,40,41)(H2,35,36,37,38). The maximum atomic E-state index is 12.3. The van der Waals surface area contributed by atoms with E-state index >= 15 is 0 Å². The quantitative estimate of drug-likeness (QED) is 0.0952. The van der Waals surface area contributed by atoms with E-state index < -0.39 is 17.9 Å². The first-order valence-corrected chi connectivity index (χ1v) is 13.9. The van der Waals surface area contributed by atoms with Gasteiger partial charge in [-0.3, -0.25) is 4.79 Å². The third-order valence-electron chi connectivity index (χ3n) is 6.33. The number of carbonyl (C=O) groups excluding carboxylic acids is 1. The van der Waals surface area contributed by atoms with Gasteiger partial charge in [0.2, 0.25) is 5.91 Å². The number of nitrogens with one attached hydrogen (secondary N) is 3. The lowest BCUT2D eigenvalue weighted by Gasteiger charge is -2.21. The number of primary amides is 1. The van der Waals surface area contributed by atoms with Crippen molar-refractivity contribution in [1.29, 1.82) is 0 Å². The molecule has 0 fully saturated rings. The number of carboxylic acid groups (broad SMARTS) is 1. The SMILES string of the molecule is Cc1nc(Nc2ccccc2C(=O)O)c(NCc2ccc(-c3cc(Cl)ccc3Cl)o2)c(NC(CCCCN)C(N)=O)n1. The topological polar surface area (TPSA) is 181 Å². The van der Waals surface area contributed by atoms with Crippen LogP contribution in [0.1, 0.15) is 41.2 Å². The lowest BCUT2D eigenvalue weighted by atomic mass is 10.1. The van der Waals surface area contributed by atoms with Crippen LogP contribution in [-0.2, 0) is 11.3 Å². The molecule has 42 heavy (non-hydrogen) atoms. The molecule has 4 aromatic rings. The molecular weight excluding hydrogens is 581 g/mol. The van der Waals surface area contributed by atoms with Crippen molar-refractivity contribution in [2.24, 2.45) is 11.5 Å². The predicted molar refractivity (Wildman–Crippen MR) is 164 cm³/mol. The molecule has 11 nitrogen and oxygen atoms in total. The lowest BCUT2D eigenvalue weighted by molar-refractivity contribution is -0.118. The fourth-order valence-corrected chi connectivity index (χ4v) is 4.65. The molecule has 0 aliphatic heterocycles. The zero-order valence-electron chi connectivity index (χ0n) is 22.8. The predicted octanol–water partition coefficient (Wildman–Crippen LogP) is 5.80. The third kappa shape index (κ3) is 7.69. The number of furan rings is 1. The van der Waals surface area contributed by atoms with Crippen LogP contribution in [-0.4, -0.2) is 39.5 Å². The van der Waals surface area contributed by atoms with Gasteiger partial charge in [0.05, 0.1) is 22.8 Å². The Kier molecular flexibility index (Phi) is 10.2. The molecule has 4 rings (SSSR count). The van der Waals surface area contributed by atoms with Crippen LogP contribution in [0.3, 0.4) is 0 Å². The average Bonchev–Trinajstić information content (AvgIpc) is 3.42. The molecule has 1 amide bonds. The first-order chi connectivity index (χ1) is 20.2. The van der Waals surface area contributed by atoms with Gasteiger partial charge in [0.15, 0.2) is 11.6 Å². The molecule has 0 radical (unpaired) electrons. The Morgan fingerprint density at radius 1 is 1.05 bits per heavy atom. The van der Waals surface area contributed by atoms with Crippen LogP contribution in [0.2, 0.25) is 10.0 Å². The number of nitrogens with zero attached hydrogens (tertiary/aromatic N) is 2. The highest BCUT2D eigenvalue weighted by Crippen LogP contribution is 2.34. The van der Waals surface area contributed by atoms with Crippen molar-refractivity contribution in [1.82, 2.24) is 9.97 Å². The number of nitrogens with two attached hydrogens (primary N) is 2. The molecule has 0 spiro atoms. The fraction of sp³-hybridized carbons (Fsp3) is 0.241. The van der Waals surface area contributed by atoms with Crippen LogP contribution in [0.25, 0.3) is 11.3 Å². The van der Waals surface area contributed by atoms with E-state index in [9.17, 15) is 14.7 Å². The summed E-state index contributed by atoms with van der Waals surface area (Å²) in [5.74, 6) is 0.397. The molecule has 0 bridgehead atoms. The molecule has 2 aromatic carbocycles. The van der Waals surface area contributed by atoms with E-state index in [2.05, 4.69) is 25.9 Å². The summed E-state index contributed by atoms with van der Waals surface area (Å²) in [6.45, 7) is 2.36. The van der Waals surface area contributed by atoms with Crippen molar-refractivity contribution in [3.05, 3.63) is 81.8 Å². The summed E-state index contributed by atoms with van der Waals surface area (Å²) < 4.78 is 6.03. The van der Waals surface area contributed by atoms with Gasteiger partial charge in [0, 0.05) is 10.6 Å². The van der Waals surface area contributed by atoms with E-state index in [4.69, 9.17) is 39.1 Å². The van der Waals surface area contributed by atoms with Gasteiger partial charge in [0.25, 0.3) is 0 Å². The van der Waals surface area contributed by atoms with Crippen LogP contribution in [0.4, 0.5) is 23.0 Å². The summed E-state index contributed by atoms with van der Waals surface area (Å²) in [6.07, 6.45) is 1.86. The monoisotopic (exact) mass is 611 g/mol. The van der Waals surface area contributed by atoms with Gasteiger partial charge >= 0.3 is 5.97 Å². The second kappa shape index (κ2) is 14.0. The van der Waals surface area contributed by atoms with Gasteiger partial charge in [0.1, 0.15) is 29.1 Å². The van der Waals surface area contributed by atoms with Gasteiger partial charge in [-0.15, -0.1) is 0 Å². The minimum absolute atomic E-state index is 0.0556. The molecule has 1 unspecified atom stereocenters. The molecular formula is C29H31Cl2N7O4. The van der Waals surface area contributed by atoms with Crippen molar-refractivity contribution in [2.75, 3.05) is 22.5 Å². The number of unbranched alkanes of at least 4 members (excludes halogenated alkanes) is 1. The maximum absolute atomic E-state index is 12.3. The minimum atomic E-state index is -1.10. The Morgan fingerprint density at radius 3 is 2.55 bits per heavy atom. The second-order valence-corrected chi connectivity index (χ2v) is 10.3. The number of halogens is 2. The van der Waals surface area contributed by atoms with Crippen molar-refractivity contribution in [3.8, 4) is 11.3 Å². The van der Waals surface area contributed by atoms with Crippen LogP contribution >= 0.6 is 23.2 Å². The summed E-state index contributed by atoms with van der Waals surface area (Å²) in [5.41, 5.74) is 12.7. The Hall–Kier alpha value is -4.32. The number of aromatic carboxylic acids is 1. The van der Waals surface area contributed by atoms with Crippen molar-refractivity contribution in [2.45, 2.75) is 38.8 Å². The first-order valence-electron chi connectivity index (χ1n) is 13.2. The Bertz CT molecular complexity index is 1580. The van der Waals surface area contributed by atoms with Gasteiger partial charge in [-0.05, 0) is 75.2 Å². The minimum Gasteiger partial charge on any atom is -0.478 e. The van der Waals surface area contributed by atoms with Crippen LogP contribution < -0.4 is 27.4 Å². The number of para-hydroxylation sites is 1. The largest absolute Gasteiger partial charge is 0.478 e. The van der Waals surface area contributed by atoms with Gasteiger partial charge in [-0.1, -0.05) is 35.3 Å². The smallest absolute Gasteiger partial charge is 0.337 e. The molecule has 0 saturated heterocycles. The van der Waals surface area contributed by atoms with E-state index in [0.717, 1.165) is 6.42 Å². The summed E-state index contributed by atoms with van der Waals surface area (Å²) >= 11 is 12.5. The molecule has 0 aliphatic carbocycles. The Morgan fingerprint density at radius 2 is 1.81 bits per heavy atom. The average molecular weight is 613 g/mol. The number of hydrogen-bond acceptors (Lipinski definition) is 9. The number of carboxylic acids is 1. The van der Waals surface area contributed by atoms with E-state index in [1.54, 1.807) is 55.5 Å². The lowest BCUT2D eigenvalue weighted by Crippen LogP contribution is -2.36. The molecule has 13 heteroatoms. The summed E-state index contributed by atoms with van der Waals surface area (Å²) in [6, 6.07) is 14.4. The zero-order chi connectivity index (χ0) is 30.2. The van der Waals surface area contributed by atoms with Crippen LogP contribution in [0.5, 0.6) is 0 Å². The number of amides is 1. The summed E-state index contributed by atoms with van der Waals surface area (Å²) in [4.78, 5) is 33.2. The van der Waals surface area contributed by atoms with Gasteiger partial charge in [-0.25, -0.2) is 14.8 Å². The van der Waals surface area contributed by atoms with Crippen molar-refractivity contribution >= 4 is 58.1 Å². The molecule has 0 aliphatic rings. The Labute approximate surface area is 252 Å². The molecule has 0 saturated carbocycles. The van der Waals surface area contributed by atoms with Gasteiger partial charge < -0.3 is 36.9 Å². The normalized spacial score (nSPS) is 11.6. The number of aromatic nitrogens is 2. The molecule has 8 N–H and O–H groups in total. The van der Waals surface area contributed by atoms with Crippen LogP contribution in [0, 0.1) is 6.92 Å². The first kappa shape index (κ1) is 30.6. The summed E-state index contributed by atoms with van der Waals surface area (Å²) in [7, 11) is 0. The van der Waals surface area contributed by atoms with Gasteiger partial charge in [-0.2, -0.15) is 0 Å². The van der Waals surface area contributed by atoms with E-state index in [0.29, 0.717) is 69.5 Å². The highest BCUT2D eigenvalue weighted by atomic mass is 35.5. The van der Waals surface area contributed by atoms with Crippen molar-refractivity contribution < 1.29 is 19.1 Å². The van der Waals surface area contributed by atoms with E-state index in [1.807, 2.05) is 0 Å². The summed E-state index contributed by atoms with van der Waals surface area (Å²) in [5, 5.41) is 20.2. The van der Waals surface area contributed by atoms with Crippen LogP contribution in [0.15, 0.2) is 59.0 Å². The molecule has 2 aromatic heterocycles. The zero-order valence-corrected chi connectivity index (χ0v) is 24.3. The van der Waals surface area contributed by atoms with E-state index in [-0.39, 0.29) is 17.9 Å². The third-order valence-corrected chi connectivity index (χ3v) is 6.89. The number of aryl methyl sites for hydroxylation is 1. The molecule has 220 valence electrons. The molecule has 2 heterocycles. The number of rotatable bonds is 14. The highest BCUT2D eigenvalue weighted by Gasteiger charge is 2.22. The van der Waals surface area contributed by atoms with Crippen molar-refractivity contribution in [3.63, 3.8) is 0 Å². The fourth-order valence-electron chi connectivity index (χ4n) is 4.26. The Balaban J connectivity index is 1.69. The maximum Gasteiger partial charge on any atom is 0.337 e. The number of hydrogen-bond donors (Lipinski definition) is 6. The van der Waals surface area contributed by atoms with E-state index in [1.165, 1.54) is 6.07 Å². The molecule has 1 atom stereocenters. The highest BCUT2D eigenvalue weighted by molar-refractivity contribution is 6.35. The number of carbonyl (C=O) groups is 2. The number of anilines is 4. The number of benzene rings is 2.